The molecule has 8 fully saturated rings. The van der Waals surface area contributed by atoms with Crippen molar-refractivity contribution in [3.63, 3.8) is 0 Å². The van der Waals surface area contributed by atoms with E-state index in [0.29, 0.717) is 29.6 Å². The molecule has 0 aromatic carbocycles. The molecule has 0 aliphatic heterocycles. The van der Waals surface area contributed by atoms with E-state index in [1.165, 1.54) is 71.1 Å². The van der Waals surface area contributed by atoms with Gasteiger partial charge in [-0.25, -0.2) is 9.59 Å². The summed E-state index contributed by atoms with van der Waals surface area (Å²) in [6, 6.07) is 0. The Hall–Kier alpha value is -1.66. The minimum atomic E-state index is -0.981. The minimum absolute atomic E-state index is 0.176. The average molecular weight is 533 g/mol. The highest BCUT2D eigenvalue weighted by molar-refractivity contribution is 5.84. The summed E-state index contributed by atoms with van der Waals surface area (Å²) in [4.78, 5) is 18.8. The molecule has 0 amide bonds. The van der Waals surface area contributed by atoms with Crippen molar-refractivity contribution in [3.8, 4) is 0 Å². The number of carbonyl (C=O) groups is 2. The van der Waals surface area contributed by atoms with Crippen molar-refractivity contribution in [3.05, 3.63) is 24.8 Å². The van der Waals surface area contributed by atoms with Crippen LogP contribution in [0.25, 0.3) is 0 Å². The normalized spacial score (nSPS) is 42.6. The molecular weight excluding hydrogens is 480 g/mol. The molecule has 0 radical (unpaired) electrons. The third kappa shape index (κ3) is 6.38. The lowest BCUT2D eigenvalue weighted by molar-refractivity contribution is -0.195. The molecule has 0 heterocycles. The quantitative estimate of drug-likeness (QED) is 0.315. The van der Waals surface area contributed by atoms with Gasteiger partial charge in [0.15, 0.2) is 0 Å². The molecule has 4 N–H and O–H groups in total. The van der Waals surface area contributed by atoms with E-state index in [1.807, 2.05) is 0 Å². The second kappa shape index (κ2) is 12.2. The molecule has 6 nitrogen and oxygen atoms in total. The Labute approximate surface area is 229 Å². The van der Waals surface area contributed by atoms with Crippen LogP contribution in [0.4, 0.5) is 0 Å². The van der Waals surface area contributed by atoms with E-state index in [-0.39, 0.29) is 16.8 Å². The van der Waals surface area contributed by atoms with Crippen LogP contribution in [-0.2, 0) is 9.59 Å². The van der Waals surface area contributed by atoms with Crippen molar-refractivity contribution < 1.29 is 30.0 Å². The Morgan fingerprint density at radius 1 is 0.789 bits per heavy atom. The van der Waals surface area contributed by atoms with Crippen molar-refractivity contribution in [1.82, 2.24) is 0 Å². The maximum absolute atomic E-state index is 10.9. The number of aliphatic carboxylic acids is 2. The first-order valence-electron chi connectivity index (χ1n) is 14.9. The first-order chi connectivity index (χ1) is 17.7. The van der Waals surface area contributed by atoms with Crippen LogP contribution in [0.1, 0.15) is 98.3 Å². The number of hydrogen-bond donors (Lipinski definition) is 4. The summed E-state index contributed by atoms with van der Waals surface area (Å²) in [5.74, 6) is 5.04. The fraction of sp³-hybridized carbons (Fsp3) is 0.812. The topological polar surface area (TPSA) is 115 Å². The molecule has 8 aliphatic rings. The zero-order chi connectivity index (χ0) is 28.4. The maximum Gasteiger partial charge on any atom is 0.330 e. The number of aliphatic hydroxyl groups is 2. The lowest BCUT2D eigenvalue weighted by Crippen LogP contribution is -2.60. The van der Waals surface area contributed by atoms with Crippen LogP contribution in [0, 0.1) is 53.3 Å². The van der Waals surface area contributed by atoms with Crippen molar-refractivity contribution >= 4 is 11.9 Å². The van der Waals surface area contributed by atoms with Gasteiger partial charge in [0, 0.05) is 11.6 Å². The third-order valence-corrected chi connectivity index (χ3v) is 11.0. The monoisotopic (exact) mass is 532 g/mol. The first kappa shape index (κ1) is 30.9. The highest BCUT2D eigenvalue weighted by Crippen LogP contribution is 2.60. The lowest BCUT2D eigenvalue weighted by atomic mass is 9.48. The molecule has 0 spiro atoms. The second-order valence-electron chi connectivity index (χ2n) is 13.6. The summed E-state index contributed by atoms with van der Waals surface area (Å²) in [5.41, 5.74) is -0.379. The molecule has 8 saturated carbocycles. The summed E-state index contributed by atoms with van der Waals surface area (Å²) in [5, 5.41) is 37.0. The molecule has 0 aromatic rings. The van der Waals surface area contributed by atoms with E-state index in [2.05, 4.69) is 33.9 Å². The Morgan fingerprint density at radius 2 is 1.08 bits per heavy atom. The standard InChI is InChI=1S/C13H22O.C12H20O.C4H6O2.C3H4O2/c1-8(2)13(14)11-4-9-3-10(6-11)7-12(13)5-9;1-2-12(13)10-4-8-3-9(6-10)7-11(12)5-8;1-3(2)4(5)6;1-2-3(4)5/h8-12,14H,3-7H2,1-2H3;8-11,13H,2-7H2,1H3;1H2,2H3,(H,5,6);2H,1H2,(H,4,5). The van der Waals surface area contributed by atoms with Gasteiger partial charge in [0.1, 0.15) is 0 Å². The Morgan fingerprint density at radius 3 is 1.29 bits per heavy atom. The molecule has 0 atom stereocenters. The summed E-state index contributed by atoms with van der Waals surface area (Å²) in [6.45, 7) is 14.2. The van der Waals surface area contributed by atoms with E-state index in [1.54, 1.807) is 0 Å². The largest absolute Gasteiger partial charge is 0.478 e. The SMILES string of the molecule is C=C(C)C(=O)O.C=CC(=O)O.CC(C)C1(O)C2CC3CC(C2)CC1C3.CCC1(O)C2CC3CC(C2)CC1C3. The number of hydrogen-bond acceptors (Lipinski definition) is 4. The molecule has 6 heteroatoms. The minimum Gasteiger partial charge on any atom is -0.478 e. The van der Waals surface area contributed by atoms with Crippen LogP contribution in [0.2, 0.25) is 0 Å². The molecule has 38 heavy (non-hydrogen) atoms. The van der Waals surface area contributed by atoms with Crippen LogP contribution < -0.4 is 0 Å². The van der Waals surface area contributed by atoms with Gasteiger partial charge < -0.3 is 20.4 Å². The summed E-state index contributed by atoms with van der Waals surface area (Å²) >= 11 is 0. The molecule has 216 valence electrons. The average Bonchev–Trinajstić information content (AvgIpc) is 2.85. The second-order valence-corrected chi connectivity index (χ2v) is 13.6. The molecule has 0 unspecified atom stereocenters. The van der Waals surface area contributed by atoms with Gasteiger partial charge in [-0.2, -0.15) is 0 Å². The van der Waals surface area contributed by atoms with Gasteiger partial charge in [-0.3, -0.25) is 0 Å². The number of carboxylic acid groups (broad SMARTS) is 2. The maximum atomic E-state index is 10.9. The molecule has 8 bridgehead atoms. The van der Waals surface area contributed by atoms with Gasteiger partial charge in [0.2, 0.25) is 0 Å². The van der Waals surface area contributed by atoms with Gasteiger partial charge in [0.25, 0.3) is 0 Å². The fourth-order valence-electron chi connectivity index (χ4n) is 9.46. The van der Waals surface area contributed by atoms with Crippen molar-refractivity contribution in [1.29, 1.82) is 0 Å². The van der Waals surface area contributed by atoms with Gasteiger partial charge >= 0.3 is 11.9 Å². The molecular formula is C32H52O6. The lowest BCUT2D eigenvalue weighted by Gasteiger charge is -2.60. The Balaban J connectivity index is 0.000000154. The van der Waals surface area contributed by atoms with E-state index in [9.17, 15) is 19.8 Å². The molecule has 0 aromatic heterocycles. The van der Waals surface area contributed by atoms with Gasteiger partial charge in [-0.1, -0.05) is 33.9 Å². The predicted octanol–water partition coefficient (Wildman–Crippen LogP) is 6.32. The van der Waals surface area contributed by atoms with Crippen LogP contribution >= 0.6 is 0 Å². The summed E-state index contributed by atoms with van der Waals surface area (Å²) in [7, 11) is 0. The molecule has 8 aliphatic carbocycles. The highest BCUT2D eigenvalue weighted by atomic mass is 16.4. The van der Waals surface area contributed by atoms with Crippen molar-refractivity contribution in [2.45, 2.75) is 110 Å². The van der Waals surface area contributed by atoms with Crippen LogP contribution in [0.15, 0.2) is 24.8 Å². The van der Waals surface area contributed by atoms with Crippen molar-refractivity contribution in [2.75, 3.05) is 0 Å². The zero-order valence-electron chi connectivity index (χ0n) is 24.1. The van der Waals surface area contributed by atoms with Crippen molar-refractivity contribution in [2.24, 2.45) is 53.3 Å². The van der Waals surface area contributed by atoms with Gasteiger partial charge in [-0.15, -0.1) is 0 Å². The smallest absolute Gasteiger partial charge is 0.330 e. The van der Waals surface area contributed by atoms with Crippen LogP contribution in [0.3, 0.4) is 0 Å². The van der Waals surface area contributed by atoms with Crippen LogP contribution in [0.5, 0.6) is 0 Å². The van der Waals surface area contributed by atoms with Gasteiger partial charge in [0.05, 0.1) is 11.2 Å². The van der Waals surface area contributed by atoms with E-state index >= 15 is 0 Å². The highest BCUT2D eigenvalue weighted by Gasteiger charge is 2.57. The summed E-state index contributed by atoms with van der Waals surface area (Å²) in [6.07, 6.45) is 15.4. The predicted molar refractivity (Wildman–Crippen MR) is 149 cm³/mol. The number of carboxylic acids is 2. The van der Waals surface area contributed by atoms with E-state index in [0.717, 1.165) is 36.2 Å². The Kier molecular flexibility index (Phi) is 9.95. The zero-order valence-corrected chi connectivity index (χ0v) is 24.1. The number of rotatable bonds is 4. The van der Waals surface area contributed by atoms with Crippen LogP contribution in [-0.4, -0.2) is 43.6 Å². The van der Waals surface area contributed by atoms with Gasteiger partial charge in [-0.05, 0) is 131 Å². The van der Waals surface area contributed by atoms with E-state index in [4.69, 9.17) is 10.2 Å². The first-order valence-corrected chi connectivity index (χ1v) is 14.9. The summed E-state index contributed by atoms with van der Waals surface area (Å²) < 4.78 is 0. The molecule has 0 saturated heterocycles. The fourth-order valence-corrected chi connectivity index (χ4v) is 9.46. The Bertz CT molecular complexity index is 805. The third-order valence-electron chi connectivity index (χ3n) is 11.0. The molecule has 8 rings (SSSR count). The van der Waals surface area contributed by atoms with E-state index < -0.39 is 11.9 Å².